The van der Waals surface area contributed by atoms with Crippen molar-refractivity contribution in [3.63, 3.8) is 0 Å². The molecule has 13 aromatic rings. The van der Waals surface area contributed by atoms with E-state index in [4.69, 9.17) is 9.72 Å². The monoisotopic (exact) mass is 1120 g/mol. The molecule has 0 unspecified atom stereocenters. The van der Waals surface area contributed by atoms with Crippen LogP contribution < -0.4 is 9.30 Å². The predicted octanol–water partition coefficient (Wildman–Crippen LogP) is 21.7. The maximum Gasteiger partial charge on any atom is 0.255 e. The molecule has 0 aliphatic carbocycles. The Labute approximate surface area is 499 Å². The second kappa shape index (κ2) is 20.6. The minimum Gasteiger partial charge on any atom is -0.457 e. The van der Waals surface area contributed by atoms with Gasteiger partial charge in [-0.15, -0.1) is 11.3 Å². The number of pyridine rings is 1. The van der Waals surface area contributed by atoms with E-state index in [1.165, 1.54) is 70.1 Å². The number of benzene rings is 9. The average molecular weight is 1120 g/mol. The summed E-state index contributed by atoms with van der Waals surface area (Å²) in [7, 11) is 0. The van der Waals surface area contributed by atoms with Crippen LogP contribution >= 0.6 is 11.3 Å². The lowest BCUT2D eigenvalue weighted by molar-refractivity contribution is -0.566. The number of aromatic nitrogens is 4. The second-order valence-corrected chi connectivity index (χ2v) is 27.8. The molecular formula is C78H75N4OS+. The van der Waals surface area contributed by atoms with Crippen LogP contribution in [0.2, 0.25) is 0 Å². The third-order valence-electron chi connectivity index (χ3n) is 17.2. The van der Waals surface area contributed by atoms with E-state index in [0.29, 0.717) is 0 Å². The van der Waals surface area contributed by atoms with Crippen LogP contribution in [0.15, 0.2) is 207 Å². The molecule has 0 atom stereocenters. The fourth-order valence-corrected chi connectivity index (χ4v) is 13.8. The molecule has 4 heterocycles. The molecule has 5 nitrogen and oxygen atoms in total. The van der Waals surface area contributed by atoms with Gasteiger partial charge in [0.1, 0.15) is 28.7 Å². The molecule has 0 saturated carbocycles. The third kappa shape index (κ3) is 9.68. The highest BCUT2D eigenvalue weighted by Gasteiger charge is 2.28. The van der Waals surface area contributed by atoms with Gasteiger partial charge in [-0.25, -0.2) is 4.98 Å². The van der Waals surface area contributed by atoms with Gasteiger partial charge in [0.15, 0.2) is 11.0 Å². The molecule has 84 heavy (non-hydrogen) atoms. The SMILES string of the molecule is CC(C)c1cccc(C(C)C)c1-c1cc(Oc2ccc3c4c5sc6ccccc6c5ccc4n(-c4cc(C(C)(C)C)ccn4)c3c2)cc(-n2c[n+](-c3c(-c4ccc(C(C)(C)C)cc4)cccc3-c3ccc(C(C)(C)C)cc3)c3ccccc32)c1. The van der Waals surface area contributed by atoms with Crippen LogP contribution in [0.25, 0.3) is 104 Å². The predicted molar refractivity (Wildman–Crippen MR) is 357 cm³/mol. The van der Waals surface area contributed by atoms with Crippen molar-refractivity contribution >= 4 is 64.3 Å². The summed E-state index contributed by atoms with van der Waals surface area (Å²) >= 11 is 1.87. The summed E-state index contributed by atoms with van der Waals surface area (Å²) in [4.78, 5) is 5.11. The topological polar surface area (TPSA) is 35.9 Å². The molecule has 0 N–H and O–H groups in total. The quantitative estimate of drug-likeness (QED) is 0.128. The van der Waals surface area contributed by atoms with E-state index in [1.807, 2.05) is 17.5 Å². The highest BCUT2D eigenvalue weighted by Crippen LogP contribution is 2.46. The first-order valence-electron chi connectivity index (χ1n) is 29.9. The van der Waals surface area contributed by atoms with Gasteiger partial charge in [0, 0.05) is 60.4 Å². The number of hydrogen-bond acceptors (Lipinski definition) is 3. The van der Waals surface area contributed by atoms with Crippen molar-refractivity contribution in [1.29, 1.82) is 0 Å². The molecule has 0 fully saturated rings. The molecule has 0 bridgehead atoms. The molecular weight excluding hydrogens is 1040 g/mol. The average Bonchev–Trinajstić information content (AvgIpc) is 1.99. The highest BCUT2D eigenvalue weighted by molar-refractivity contribution is 7.26. The zero-order valence-electron chi connectivity index (χ0n) is 50.9. The largest absolute Gasteiger partial charge is 0.457 e. The van der Waals surface area contributed by atoms with Gasteiger partial charge in [-0.2, -0.15) is 9.13 Å². The molecule has 0 aliphatic heterocycles. The first kappa shape index (κ1) is 54.7. The summed E-state index contributed by atoms with van der Waals surface area (Å²) in [5, 5.41) is 4.95. The number of ether oxygens (including phenoxy) is 1. The van der Waals surface area contributed by atoms with Crippen LogP contribution in [0.1, 0.15) is 130 Å². The van der Waals surface area contributed by atoms with E-state index >= 15 is 0 Å². The Bertz CT molecular complexity index is 4580. The van der Waals surface area contributed by atoms with Crippen molar-refractivity contribution < 1.29 is 9.30 Å². The maximum absolute atomic E-state index is 7.38. The van der Waals surface area contributed by atoms with Crippen molar-refractivity contribution in [3.05, 3.63) is 234 Å². The van der Waals surface area contributed by atoms with Gasteiger partial charge in [-0.05, 0) is 139 Å². The summed E-state index contributed by atoms with van der Waals surface area (Å²) < 4.78 is 17.1. The van der Waals surface area contributed by atoms with Crippen LogP contribution in [0.4, 0.5) is 0 Å². The number of fused-ring (bicyclic) bond motifs is 8. The smallest absolute Gasteiger partial charge is 0.255 e. The van der Waals surface area contributed by atoms with Crippen LogP contribution in [-0.4, -0.2) is 14.1 Å². The summed E-state index contributed by atoms with van der Waals surface area (Å²) in [6, 6.07) is 72.2. The van der Waals surface area contributed by atoms with E-state index in [-0.39, 0.29) is 28.1 Å². The Hall–Kier alpha value is -8.58. The lowest BCUT2D eigenvalue weighted by Crippen LogP contribution is -2.31. The maximum atomic E-state index is 7.38. The van der Waals surface area contributed by atoms with E-state index in [0.717, 1.165) is 72.8 Å². The number of imidazole rings is 1. The van der Waals surface area contributed by atoms with Crippen LogP contribution in [-0.2, 0) is 16.2 Å². The van der Waals surface area contributed by atoms with Gasteiger partial charge >= 0.3 is 0 Å². The van der Waals surface area contributed by atoms with E-state index in [2.05, 4.69) is 304 Å². The van der Waals surface area contributed by atoms with Crippen LogP contribution in [0, 0.1) is 0 Å². The van der Waals surface area contributed by atoms with Gasteiger partial charge in [0.2, 0.25) is 0 Å². The zero-order chi connectivity index (χ0) is 58.6. The van der Waals surface area contributed by atoms with E-state index in [1.54, 1.807) is 0 Å². The third-order valence-corrected chi connectivity index (χ3v) is 18.4. The summed E-state index contributed by atoms with van der Waals surface area (Å²) in [5.74, 6) is 2.95. The Morgan fingerprint density at radius 3 is 1.73 bits per heavy atom. The zero-order valence-corrected chi connectivity index (χ0v) is 51.7. The standard InChI is InChI=1S/C78H75N4OS/c1-48(2)59-21-18-22-60(49(3)4)72(59)52-42-56(80-47-81(67-26-16-15-25-66(67)80)74-61(50-28-32-53(33-29-50)76(5,6)7)23-19-24-62(74)51-30-34-54(35-31-51)77(8,9)10)45-58(43-52)83-57-36-37-65-69(46-57)82(71-44-55(40-41-79-71)78(11,12)13)68-39-38-64-63-20-14-17-27-70(63)84-75(64)73(65)68/h14-49H,1-13H3/q+1. The molecule has 6 heteroatoms. The Balaban J connectivity index is 1.04. The number of nitrogens with zero attached hydrogens (tertiary/aromatic N) is 4. The van der Waals surface area contributed by atoms with Gasteiger partial charge in [0.25, 0.3) is 6.33 Å². The summed E-state index contributed by atoms with van der Waals surface area (Å²) in [6.45, 7) is 29.7. The fraction of sp³-hybridized carbons (Fsp3) is 0.231. The summed E-state index contributed by atoms with van der Waals surface area (Å²) in [5.41, 5.74) is 20.0. The minimum absolute atomic E-state index is 0.0266. The highest BCUT2D eigenvalue weighted by atomic mass is 32.1. The Morgan fingerprint density at radius 1 is 0.476 bits per heavy atom. The molecule has 0 saturated heterocycles. The first-order chi connectivity index (χ1) is 40.2. The molecule has 418 valence electrons. The van der Waals surface area contributed by atoms with Crippen molar-refractivity contribution in [2.24, 2.45) is 0 Å². The van der Waals surface area contributed by atoms with Crippen LogP contribution in [0.5, 0.6) is 11.5 Å². The normalized spacial score (nSPS) is 12.6. The molecule has 13 rings (SSSR count). The lowest BCUT2D eigenvalue weighted by atomic mass is 9.85. The van der Waals surface area contributed by atoms with Gasteiger partial charge in [-0.3, -0.25) is 4.57 Å². The van der Waals surface area contributed by atoms with Gasteiger partial charge in [0.05, 0.1) is 11.0 Å². The number of thiophene rings is 1. The molecule has 9 aromatic carbocycles. The molecule has 0 radical (unpaired) electrons. The number of hydrogen-bond donors (Lipinski definition) is 0. The molecule has 0 spiro atoms. The lowest BCUT2D eigenvalue weighted by Gasteiger charge is -2.21. The van der Waals surface area contributed by atoms with Crippen molar-refractivity contribution in [2.75, 3.05) is 0 Å². The molecule has 0 amide bonds. The fourth-order valence-electron chi connectivity index (χ4n) is 12.6. The molecule has 0 aliphatic rings. The summed E-state index contributed by atoms with van der Waals surface area (Å²) in [6.07, 6.45) is 4.26. The first-order valence-corrected chi connectivity index (χ1v) is 30.7. The van der Waals surface area contributed by atoms with Crippen molar-refractivity contribution in [1.82, 2.24) is 14.1 Å². The van der Waals surface area contributed by atoms with Crippen LogP contribution in [0.3, 0.4) is 0 Å². The Morgan fingerprint density at radius 2 is 1.08 bits per heavy atom. The van der Waals surface area contributed by atoms with E-state index < -0.39 is 0 Å². The molecule has 4 aromatic heterocycles. The van der Waals surface area contributed by atoms with E-state index in [9.17, 15) is 0 Å². The minimum atomic E-state index is -0.0669. The second-order valence-electron chi connectivity index (χ2n) is 26.7. The number of rotatable bonds is 10. The van der Waals surface area contributed by atoms with Gasteiger partial charge < -0.3 is 4.74 Å². The Kier molecular flexibility index (Phi) is 13.4. The van der Waals surface area contributed by atoms with Crippen molar-refractivity contribution in [2.45, 2.75) is 118 Å². The van der Waals surface area contributed by atoms with Crippen molar-refractivity contribution in [3.8, 4) is 62.1 Å². The van der Waals surface area contributed by atoms with Gasteiger partial charge in [-0.1, -0.05) is 211 Å². The number of para-hydroxylation sites is 3.